The SMILES string of the molecule is Cc1cc2c(o1)CC(Cc1cc3c(s1)C(F)(F)CCn1ncc(C)c1-3)Cn1ncc(C)c1-2. The molecule has 32 heavy (non-hydrogen) atoms. The van der Waals surface area contributed by atoms with E-state index in [-0.39, 0.29) is 23.8 Å². The third kappa shape index (κ3) is 2.99. The van der Waals surface area contributed by atoms with Crippen molar-refractivity contribution < 1.29 is 13.2 Å². The van der Waals surface area contributed by atoms with E-state index in [0.29, 0.717) is 12.0 Å². The van der Waals surface area contributed by atoms with E-state index >= 15 is 8.78 Å². The van der Waals surface area contributed by atoms with Crippen molar-refractivity contribution in [2.75, 3.05) is 0 Å². The summed E-state index contributed by atoms with van der Waals surface area (Å²) < 4.78 is 39.9. The second kappa shape index (κ2) is 6.88. The Morgan fingerprint density at radius 3 is 2.56 bits per heavy atom. The Morgan fingerprint density at radius 1 is 1.06 bits per heavy atom. The number of aromatic nitrogens is 4. The van der Waals surface area contributed by atoms with Crippen molar-refractivity contribution in [2.24, 2.45) is 5.92 Å². The minimum Gasteiger partial charge on any atom is -0.466 e. The van der Waals surface area contributed by atoms with Gasteiger partial charge in [-0.25, -0.2) is 8.78 Å². The van der Waals surface area contributed by atoms with Gasteiger partial charge in [-0.05, 0) is 56.4 Å². The van der Waals surface area contributed by atoms with Crippen molar-refractivity contribution in [3.8, 4) is 22.5 Å². The van der Waals surface area contributed by atoms with Gasteiger partial charge in [-0.2, -0.15) is 10.2 Å². The predicted molar refractivity (Wildman–Crippen MR) is 119 cm³/mol. The normalized spacial score (nSPS) is 19.0. The molecule has 0 saturated carbocycles. The zero-order chi connectivity index (χ0) is 22.2. The molecule has 0 aromatic carbocycles. The number of fused-ring (bicyclic) bond motifs is 6. The Bertz CT molecular complexity index is 1340. The molecule has 0 spiro atoms. The zero-order valence-electron chi connectivity index (χ0n) is 18.3. The highest BCUT2D eigenvalue weighted by Gasteiger charge is 2.40. The van der Waals surface area contributed by atoms with Crippen LogP contribution in [0.4, 0.5) is 8.78 Å². The van der Waals surface area contributed by atoms with Gasteiger partial charge in [0.25, 0.3) is 5.92 Å². The van der Waals surface area contributed by atoms with E-state index in [2.05, 4.69) is 23.2 Å². The quantitative estimate of drug-likeness (QED) is 0.379. The number of hydrogen-bond donors (Lipinski definition) is 0. The molecule has 0 aliphatic carbocycles. The van der Waals surface area contributed by atoms with Gasteiger partial charge in [0.1, 0.15) is 11.5 Å². The van der Waals surface area contributed by atoms with Gasteiger partial charge in [-0.1, -0.05) is 0 Å². The maximum absolute atomic E-state index is 15.0. The first-order valence-corrected chi connectivity index (χ1v) is 11.8. The van der Waals surface area contributed by atoms with Crippen LogP contribution in [0.1, 0.15) is 38.8 Å². The molecule has 4 aromatic rings. The van der Waals surface area contributed by atoms with Gasteiger partial charge in [0, 0.05) is 41.9 Å². The highest BCUT2D eigenvalue weighted by atomic mass is 32.1. The third-order valence-corrected chi connectivity index (χ3v) is 7.90. The van der Waals surface area contributed by atoms with E-state index in [1.54, 1.807) is 10.9 Å². The Morgan fingerprint density at radius 2 is 1.78 bits per heavy atom. The molecule has 8 heteroatoms. The Hall–Kier alpha value is -2.74. The molecule has 1 unspecified atom stereocenters. The first-order valence-electron chi connectivity index (χ1n) is 11.0. The molecule has 2 aliphatic rings. The number of nitrogens with zero attached hydrogens (tertiary/aromatic N) is 4. The Labute approximate surface area is 188 Å². The molecule has 0 saturated heterocycles. The lowest BCUT2D eigenvalue weighted by Crippen LogP contribution is -2.15. The first-order chi connectivity index (χ1) is 15.3. The number of thiophene rings is 1. The van der Waals surface area contributed by atoms with Crippen molar-refractivity contribution >= 4 is 11.3 Å². The summed E-state index contributed by atoms with van der Waals surface area (Å²) in [6, 6.07) is 4.05. The molecule has 2 aliphatic heterocycles. The average Bonchev–Trinajstić information content (AvgIpc) is 3.45. The van der Waals surface area contributed by atoms with Gasteiger partial charge in [0.05, 0.1) is 28.7 Å². The van der Waals surface area contributed by atoms with Crippen LogP contribution in [-0.4, -0.2) is 19.6 Å². The van der Waals surface area contributed by atoms with Gasteiger partial charge < -0.3 is 4.42 Å². The van der Waals surface area contributed by atoms with Crippen LogP contribution in [-0.2, 0) is 31.9 Å². The molecule has 6 heterocycles. The molecule has 0 bridgehead atoms. The van der Waals surface area contributed by atoms with Crippen molar-refractivity contribution in [1.82, 2.24) is 19.6 Å². The summed E-state index contributed by atoms with van der Waals surface area (Å²) in [4.78, 5) is 1.15. The third-order valence-electron chi connectivity index (χ3n) is 6.64. The molecule has 6 rings (SSSR count). The van der Waals surface area contributed by atoms with E-state index in [1.807, 2.05) is 30.8 Å². The summed E-state index contributed by atoms with van der Waals surface area (Å²) in [6.07, 6.45) is 4.91. The molecule has 0 N–H and O–H groups in total. The lowest BCUT2D eigenvalue weighted by Gasteiger charge is -2.14. The number of hydrogen-bond acceptors (Lipinski definition) is 4. The van der Waals surface area contributed by atoms with Crippen molar-refractivity contribution in [3.05, 3.63) is 56.9 Å². The monoisotopic (exact) mass is 454 g/mol. The number of furan rings is 1. The van der Waals surface area contributed by atoms with Gasteiger partial charge >= 0.3 is 0 Å². The van der Waals surface area contributed by atoms with Crippen LogP contribution in [0.15, 0.2) is 28.9 Å². The van der Waals surface area contributed by atoms with E-state index in [4.69, 9.17) is 4.42 Å². The fraction of sp³-hybridized carbons (Fsp3) is 0.417. The Kier molecular flexibility index (Phi) is 4.28. The lowest BCUT2D eigenvalue weighted by atomic mass is 9.97. The summed E-state index contributed by atoms with van der Waals surface area (Å²) in [5.74, 6) is -0.783. The topological polar surface area (TPSA) is 48.8 Å². The maximum atomic E-state index is 15.0. The molecular formula is C24H24F2N4OS. The smallest absolute Gasteiger partial charge is 0.284 e. The standard InChI is InChI=1S/C24H24F2N4OS/c1-13-11-28-30-12-16(8-20-18(21(13)30)6-15(3)31-20)7-17-9-19-22-14(2)10-27-29(22)5-4-24(25,26)23(19)32-17/h6,9-11,16H,4-5,7-8,12H2,1-3H3. The summed E-state index contributed by atoms with van der Waals surface area (Å²) in [7, 11) is 0. The van der Waals surface area contributed by atoms with Crippen molar-refractivity contribution in [1.29, 1.82) is 0 Å². The number of alkyl halides is 2. The van der Waals surface area contributed by atoms with Crippen LogP contribution in [0.25, 0.3) is 22.5 Å². The molecule has 0 radical (unpaired) electrons. The number of aryl methyl sites for hydroxylation is 4. The summed E-state index contributed by atoms with van der Waals surface area (Å²) in [5.41, 5.74) is 5.74. The minimum atomic E-state index is -2.84. The van der Waals surface area contributed by atoms with Gasteiger partial charge in [-0.3, -0.25) is 9.36 Å². The average molecular weight is 455 g/mol. The second-order valence-electron chi connectivity index (χ2n) is 9.14. The molecular weight excluding hydrogens is 430 g/mol. The number of rotatable bonds is 2. The highest BCUT2D eigenvalue weighted by Crippen LogP contribution is 2.47. The molecule has 0 fully saturated rings. The van der Waals surface area contributed by atoms with E-state index in [9.17, 15) is 0 Å². The molecule has 0 amide bonds. The van der Waals surface area contributed by atoms with Crippen LogP contribution in [0.5, 0.6) is 0 Å². The molecule has 5 nitrogen and oxygen atoms in total. The molecule has 4 aromatic heterocycles. The van der Waals surface area contributed by atoms with Crippen LogP contribution in [0.3, 0.4) is 0 Å². The summed E-state index contributed by atoms with van der Waals surface area (Å²) in [6.45, 7) is 6.94. The van der Waals surface area contributed by atoms with E-state index < -0.39 is 5.92 Å². The largest absolute Gasteiger partial charge is 0.466 e. The van der Waals surface area contributed by atoms with E-state index in [0.717, 1.165) is 57.4 Å². The molecule has 166 valence electrons. The zero-order valence-corrected chi connectivity index (χ0v) is 19.1. The van der Waals surface area contributed by atoms with Crippen molar-refractivity contribution in [2.45, 2.75) is 59.0 Å². The molecule has 1 atom stereocenters. The van der Waals surface area contributed by atoms with Gasteiger partial charge in [0.2, 0.25) is 0 Å². The summed E-state index contributed by atoms with van der Waals surface area (Å²) in [5, 5.41) is 8.93. The van der Waals surface area contributed by atoms with Crippen molar-refractivity contribution in [3.63, 3.8) is 0 Å². The second-order valence-corrected chi connectivity index (χ2v) is 10.3. The van der Waals surface area contributed by atoms with Gasteiger partial charge in [-0.15, -0.1) is 11.3 Å². The maximum Gasteiger partial charge on any atom is 0.284 e. The minimum absolute atomic E-state index is 0.175. The van der Waals surface area contributed by atoms with Crippen LogP contribution >= 0.6 is 11.3 Å². The Balaban J connectivity index is 1.39. The van der Waals surface area contributed by atoms with Gasteiger partial charge in [0.15, 0.2) is 0 Å². The lowest BCUT2D eigenvalue weighted by molar-refractivity contribution is -0.0122. The summed E-state index contributed by atoms with van der Waals surface area (Å²) >= 11 is 1.25. The number of halogens is 2. The van der Waals surface area contributed by atoms with Crippen LogP contribution in [0, 0.1) is 26.7 Å². The van der Waals surface area contributed by atoms with Crippen LogP contribution in [0.2, 0.25) is 0 Å². The van der Waals surface area contributed by atoms with E-state index in [1.165, 1.54) is 11.3 Å². The fourth-order valence-corrected chi connectivity index (χ4v) is 6.50. The highest BCUT2D eigenvalue weighted by molar-refractivity contribution is 7.12. The van der Waals surface area contributed by atoms with Crippen LogP contribution < -0.4 is 0 Å². The predicted octanol–water partition coefficient (Wildman–Crippen LogP) is 5.90. The first kappa shape index (κ1) is 19.9. The fourth-order valence-electron chi connectivity index (χ4n) is 5.23.